The molecule has 0 amide bonds. The molecule has 2 aromatic heterocycles. The summed E-state index contributed by atoms with van der Waals surface area (Å²) in [7, 11) is 0. The van der Waals surface area contributed by atoms with E-state index in [2.05, 4.69) is 124 Å². The molecule has 1 radical (unpaired) electrons. The van der Waals surface area contributed by atoms with Crippen LogP contribution in [0.15, 0.2) is 152 Å². The zero-order valence-electron chi connectivity index (χ0n) is 31.6. The average Bonchev–Trinajstić information content (AvgIpc) is 3.23. The molecule has 56 heavy (non-hydrogen) atoms. The van der Waals surface area contributed by atoms with Gasteiger partial charge in [0, 0.05) is 44.0 Å². The van der Waals surface area contributed by atoms with Gasteiger partial charge in [-0.1, -0.05) is 115 Å². The van der Waals surface area contributed by atoms with E-state index in [9.17, 15) is 0 Å². The molecule has 0 bridgehead atoms. The molecule has 0 fully saturated rings. The number of pyridine rings is 2. The fourth-order valence-corrected chi connectivity index (χ4v) is 7.44. The van der Waals surface area contributed by atoms with Gasteiger partial charge < -0.3 is 19.4 Å². The minimum absolute atomic E-state index is 0. The van der Waals surface area contributed by atoms with Crippen molar-refractivity contribution in [2.45, 2.75) is 27.7 Å². The molecule has 8 aromatic rings. The van der Waals surface area contributed by atoms with Crippen molar-refractivity contribution in [3.63, 3.8) is 0 Å². The zero-order chi connectivity index (χ0) is 37.5. The van der Waals surface area contributed by atoms with E-state index in [4.69, 9.17) is 14.5 Å². The molecule has 0 spiro atoms. The summed E-state index contributed by atoms with van der Waals surface area (Å²) in [5.74, 6) is 3.29. The number of hydrogen-bond acceptors (Lipinski definition) is 4. The van der Waals surface area contributed by atoms with E-state index in [1.165, 1.54) is 33.4 Å². The van der Waals surface area contributed by atoms with Crippen LogP contribution in [0.1, 0.15) is 22.3 Å². The summed E-state index contributed by atoms with van der Waals surface area (Å²) in [6, 6.07) is 54.5. The van der Waals surface area contributed by atoms with E-state index in [1.54, 1.807) is 0 Å². The summed E-state index contributed by atoms with van der Waals surface area (Å²) in [6.07, 6.45) is 3.80. The number of ether oxygens (including phenoxy) is 2. The molecule has 273 valence electrons. The van der Waals surface area contributed by atoms with Crippen molar-refractivity contribution >= 4 is 23.1 Å². The monoisotopic (exact) mass is 901 g/mol. The van der Waals surface area contributed by atoms with Crippen molar-refractivity contribution < 1.29 is 29.6 Å². The van der Waals surface area contributed by atoms with Crippen LogP contribution in [0.25, 0.3) is 44.8 Å². The SMILES string of the molecule is Cc1c[c-]c(-c2cc(-c3ccc(C)c(C)c3)c(C)cn2)cc1.[Ir].[c-]1cc2c3c(c1-c1cc(-c4ccccc4)ccn1)Oc1ccccc1B3c1ccccc1O2. The normalized spacial score (nSPS) is 11.7. The summed E-state index contributed by atoms with van der Waals surface area (Å²) in [6.45, 7) is 8.52. The van der Waals surface area contributed by atoms with Gasteiger partial charge in [-0.3, -0.25) is 0 Å². The maximum atomic E-state index is 6.52. The molecular formula is C50H37BIrN2O2-2. The Morgan fingerprint density at radius 1 is 0.536 bits per heavy atom. The Bertz CT molecular complexity index is 2700. The third-order valence-corrected chi connectivity index (χ3v) is 10.6. The molecule has 6 aromatic carbocycles. The average molecular weight is 901 g/mol. The predicted octanol–water partition coefficient (Wildman–Crippen LogP) is 10.4. The summed E-state index contributed by atoms with van der Waals surface area (Å²) >= 11 is 0. The molecule has 0 saturated heterocycles. The van der Waals surface area contributed by atoms with Gasteiger partial charge in [0.25, 0.3) is 0 Å². The summed E-state index contributed by atoms with van der Waals surface area (Å²) in [4.78, 5) is 9.26. The fraction of sp³-hybridized carbons (Fsp3) is 0.0800. The first kappa shape index (κ1) is 36.9. The van der Waals surface area contributed by atoms with Crippen molar-refractivity contribution in [3.8, 4) is 67.8 Å². The van der Waals surface area contributed by atoms with Crippen LogP contribution >= 0.6 is 0 Å². The van der Waals surface area contributed by atoms with Gasteiger partial charge in [0.05, 0.1) is 0 Å². The molecule has 0 atom stereocenters. The number of rotatable bonds is 4. The Kier molecular flexibility index (Phi) is 10.3. The van der Waals surface area contributed by atoms with Gasteiger partial charge in [-0.15, -0.1) is 47.5 Å². The third-order valence-electron chi connectivity index (χ3n) is 10.6. The molecule has 4 nitrogen and oxygen atoms in total. The van der Waals surface area contributed by atoms with Crippen LogP contribution in [0, 0.1) is 39.8 Å². The second-order valence-electron chi connectivity index (χ2n) is 14.2. The van der Waals surface area contributed by atoms with Crippen LogP contribution in [-0.2, 0) is 20.1 Å². The van der Waals surface area contributed by atoms with Crippen molar-refractivity contribution in [1.82, 2.24) is 9.97 Å². The summed E-state index contributed by atoms with van der Waals surface area (Å²) in [5.41, 5.74) is 16.8. The Labute approximate surface area is 342 Å². The maximum absolute atomic E-state index is 6.52. The topological polar surface area (TPSA) is 44.2 Å². The Morgan fingerprint density at radius 3 is 2.00 bits per heavy atom. The van der Waals surface area contributed by atoms with E-state index >= 15 is 0 Å². The maximum Gasteiger partial charge on any atom is 0.239 e. The van der Waals surface area contributed by atoms with Crippen molar-refractivity contribution in [3.05, 3.63) is 186 Å². The van der Waals surface area contributed by atoms with Crippen molar-refractivity contribution in [2.75, 3.05) is 0 Å². The molecule has 10 rings (SSSR count). The molecule has 6 heteroatoms. The van der Waals surface area contributed by atoms with Gasteiger partial charge in [-0.05, 0) is 100 Å². The zero-order valence-corrected chi connectivity index (χ0v) is 34.0. The molecule has 2 aliphatic heterocycles. The van der Waals surface area contributed by atoms with Gasteiger partial charge in [0.2, 0.25) is 6.71 Å². The second-order valence-corrected chi connectivity index (χ2v) is 14.2. The van der Waals surface area contributed by atoms with Crippen molar-refractivity contribution in [2.24, 2.45) is 0 Å². The van der Waals surface area contributed by atoms with Crippen molar-refractivity contribution in [1.29, 1.82) is 0 Å². The van der Waals surface area contributed by atoms with E-state index in [-0.39, 0.29) is 26.8 Å². The minimum atomic E-state index is 0. The number of aromatic nitrogens is 2. The number of hydrogen-bond donors (Lipinski definition) is 0. The van der Waals surface area contributed by atoms with Crippen LogP contribution < -0.4 is 25.9 Å². The van der Waals surface area contributed by atoms with Crippen LogP contribution in [0.3, 0.4) is 0 Å². The standard InChI is InChI=1S/C29H17BNO2.C21H20N.Ir/c1-2-8-19(9-3-1)20-16-17-31-24(18-20)21-14-15-27-28-29(21)33-26-13-7-5-11-23(26)30(28)22-10-4-6-12-25(22)32-27;1-14-5-8-18(9-6-14)21-12-20(17(4)13-22-21)19-10-7-15(2)16(3)11-19;/h1-13,15-18H;5-8,10-13H,1-4H3;/q2*-1;. The Morgan fingerprint density at radius 2 is 1.27 bits per heavy atom. The van der Waals surface area contributed by atoms with Gasteiger partial charge in [-0.25, -0.2) is 0 Å². The van der Waals surface area contributed by atoms with E-state index in [0.717, 1.165) is 73.0 Å². The first-order valence-electron chi connectivity index (χ1n) is 18.6. The van der Waals surface area contributed by atoms with Gasteiger partial charge in [0.15, 0.2) is 0 Å². The molecule has 0 saturated carbocycles. The molecule has 0 N–H and O–H groups in total. The number of para-hydroxylation sites is 2. The predicted molar refractivity (Wildman–Crippen MR) is 225 cm³/mol. The number of nitrogens with zero attached hydrogens (tertiary/aromatic N) is 2. The van der Waals surface area contributed by atoms with E-state index < -0.39 is 0 Å². The third kappa shape index (κ3) is 6.99. The van der Waals surface area contributed by atoms with Crippen LogP contribution in [0.4, 0.5) is 0 Å². The van der Waals surface area contributed by atoms with Gasteiger partial charge >= 0.3 is 0 Å². The number of fused-ring (bicyclic) bond motifs is 4. The Balaban J connectivity index is 0.000000168. The first-order chi connectivity index (χ1) is 26.9. The minimum Gasteiger partial charge on any atom is -0.503 e. The van der Waals surface area contributed by atoms with Crippen LogP contribution in [0.2, 0.25) is 0 Å². The Hall–Kier alpha value is -6.07. The van der Waals surface area contributed by atoms with Gasteiger partial charge in [-0.2, -0.15) is 0 Å². The van der Waals surface area contributed by atoms with Crippen LogP contribution in [0.5, 0.6) is 23.0 Å². The molecule has 0 aliphatic carbocycles. The number of aryl methyl sites for hydroxylation is 4. The molecular weight excluding hydrogens is 864 g/mol. The quantitative estimate of drug-likeness (QED) is 0.130. The van der Waals surface area contributed by atoms with E-state index in [1.807, 2.05) is 73.1 Å². The smallest absolute Gasteiger partial charge is 0.239 e. The molecule has 0 unspecified atom stereocenters. The summed E-state index contributed by atoms with van der Waals surface area (Å²) < 4.78 is 12.8. The largest absolute Gasteiger partial charge is 0.503 e. The van der Waals surface area contributed by atoms with E-state index in [0.29, 0.717) is 0 Å². The summed E-state index contributed by atoms with van der Waals surface area (Å²) in [5, 5.41) is 0. The number of benzene rings is 6. The molecule has 4 heterocycles. The molecule has 2 aliphatic rings. The van der Waals surface area contributed by atoms with Gasteiger partial charge in [0.1, 0.15) is 11.5 Å². The second kappa shape index (κ2) is 15.6. The fourth-order valence-electron chi connectivity index (χ4n) is 7.44. The first-order valence-corrected chi connectivity index (χ1v) is 18.6. The van der Waals surface area contributed by atoms with Crippen LogP contribution in [-0.4, -0.2) is 16.7 Å².